The number of carboxylic acids is 1. The van der Waals surface area contributed by atoms with Crippen LogP contribution >= 0.6 is 15.9 Å². The molecule has 0 saturated heterocycles. The van der Waals surface area contributed by atoms with Crippen LogP contribution in [0.5, 0.6) is 0 Å². The van der Waals surface area contributed by atoms with E-state index in [4.69, 9.17) is 5.11 Å². The van der Waals surface area contributed by atoms with Gasteiger partial charge in [0, 0.05) is 6.20 Å². The van der Waals surface area contributed by atoms with E-state index in [0.717, 1.165) is 10.0 Å². The third-order valence-electron chi connectivity index (χ3n) is 2.92. The molecule has 0 aliphatic carbocycles. The molecule has 0 aromatic carbocycles. The Morgan fingerprint density at radius 2 is 2.10 bits per heavy atom. The number of imidazole rings is 1. The van der Waals surface area contributed by atoms with Crippen LogP contribution in [0, 0.1) is 13.8 Å². The summed E-state index contributed by atoms with van der Waals surface area (Å²) in [6.45, 7) is 5.04. The van der Waals surface area contributed by atoms with E-state index in [9.17, 15) is 9.59 Å². The number of hydrogen-bond donors (Lipinski definition) is 2. The number of nitrogens with zero attached hydrogens (tertiary/aromatic N) is 2. The molecule has 20 heavy (non-hydrogen) atoms. The van der Waals surface area contributed by atoms with Crippen molar-refractivity contribution in [3.63, 3.8) is 0 Å². The van der Waals surface area contributed by atoms with E-state index in [-0.39, 0.29) is 0 Å². The second-order valence-corrected chi connectivity index (χ2v) is 5.49. The average molecular weight is 340 g/mol. The van der Waals surface area contributed by atoms with Gasteiger partial charge >= 0.3 is 5.97 Å². The zero-order chi connectivity index (χ0) is 15.0. The lowest BCUT2D eigenvalue weighted by Crippen LogP contribution is -2.39. The lowest BCUT2D eigenvalue weighted by molar-refractivity contribution is -0.138. The van der Waals surface area contributed by atoms with E-state index in [1.165, 1.54) is 6.92 Å². The van der Waals surface area contributed by atoms with Gasteiger partial charge in [-0.15, -0.1) is 0 Å². The standard InChI is InChI=1S/C13H14BrN3O3/c1-6-4-9(14)11-15-7(2)10(17(11)5-6)12(18)16-8(3)13(19)20/h4-5,8H,1-3H3,(H,16,18)(H,19,20). The number of carbonyl (C=O) groups is 2. The normalized spacial score (nSPS) is 12.4. The fraction of sp³-hybridized carbons (Fsp3) is 0.308. The minimum atomic E-state index is -1.08. The fourth-order valence-electron chi connectivity index (χ4n) is 1.95. The monoisotopic (exact) mass is 339 g/mol. The van der Waals surface area contributed by atoms with Gasteiger partial charge in [-0.1, -0.05) is 0 Å². The summed E-state index contributed by atoms with van der Waals surface area (Å²) in [5, 5.41) is 11.3. The van der Waals surface area contributed by atoms with Crippen molar-refractivity contribution in [1.29, 1.82) is 0 Å². The molecule has 1 atom stereocenters. The van der Waals surface area contributed by atoms with Crippen molar-refractivity contribution < 1.29 is 14.7 Å². The molecule has 1 amide bonds. The first-order chi connectivity index (χ1) is 9.31. The van der Waals surface area contributed by atoms with Crippen LogP contribution in [0.15, 0.2) is 16.7 Å². The molecule has 0 aliphatic rings. The third-order valence-corrected chi connectivity index (χ3v) is 3.50. The molecule has 2 heterocycles. The van der Waals surface area contributed by atoms with Gasteiger partial charge in [0.05, 0.1) is 10.2 Å². The van der Waals surface area contributed by atoms with Crippen LogP contribution in [0.1, 0.15) is 28.7 Å². The van der Waals surface area contributed by atoms with Crippen molar-refractivity contribution in [2.45, 2.75) is 26.8 Å². The molecule has 0 saturated carbocycles. The summed E-state index contributed by atoms with van der Waals surface area (Å²) in [5.74, 6) is -1.54. The molecule has 2 aromatic rings. The predicted molar refractivity (Wildman–Crippen MR) is 76.9 cm³/mol. The smallest absolute Gasteiger partial charge is 0.325 e. The predicted octanol–water partition coefficient (Wildman–Crippen LogP) is 1.92. The van der Waals surface area contributed by atoms with Gasteiger partial charge in [-0.25, -0.2) is 4.98 Å². The Morgan fingerprint density at radius 3 is 2.70 bits per heavy atom. The van der Waals surface area contributed by atoms with Crippen LogP contribution in [0.3, 0.4) is 0 Å². The lowest BCUT2D eigenvalue weighted by atomic mass is 10.2. The number of pyridine rings is 1. The number of halogens is 1. The molecule has 106 valence electrons. The molecule has 2 aromatic heterocycles. The van der Waals surface area contributed by atoms with Crippen molar-refractivity contribution in [1.82, 2.24) is 14.7 Å². The summed E-state index contributed by atoms with van der Waals surface area (Å²) in [5.41, 5.74) is 2.48. The van der Waals surface area contributed by atoms with E-state index < -0.39 is 17.9 Å². The summed E-state index contributed by atoms with van der Waals surface area (Å²) in [7, 11) is 0. The van der Waals surface area contributed by atoms with Crippen LogP contribution in [0.2, 0.25) is 0 Å². The van der Waals surface area contributed by atoms with Gasteiger partial charge in [0.25, 0.3) is 5.91 Å². The SMILES string of the molecule is Cc1cc(Br)c2nc(C)c(C(=O)NC(C)C(=O)O)n2c1. The second-order valence-electron chi connectivity index (χ2n) is 4.64. The maximum absolute atomic E-state index is 12.2. The molecule has 6 nitrogen and oxygen atoms in total. The molecular weight excluding hydrogens is 326 g/mol. The maximum atomic E-state index is 12.2. The Labute approximate surface area is 123 Å². The highest BCUT2D eigenvalue weighted by Gasteiger charge is 2.21. The highest BCUT2D eigenvalue weighted by atomic mass is 79.9. The molecule has 0 bridgehead atoms. The number of carboxylic acid groups (broad SMARTS) is 1. The molecule has 0 spiro atoms. The topological polar surface area (TPSA) is 83.7 Å². The average Bonchev–Trinajstić information content (AvgIpc) is 2.65. The highest BCUT2D eigenvalue weighted by Crippen LogP contribution is 2.22. The van der Waals surface area contributed by atoms with E-state index in [1.807, 2.05) is 13.0 Å². The van der Waals surface area contributed by atoms with E-state index in [0.29, 0.717) is 17.0 Å². The molecule has 0 aliphatic heterocycles. The van der Waals surface area contributed by atoms with Gasteiger partial charge < -0.3 is 10.4 Å². The number of nitrogens with one attached hydrogen (secondary N) is 1. The summed E-state index contributed by atoms with van der Waals surface area (Å²) in [4.78, 5) is 27.4. The number of aromatic nitrogens is 2. The first kappa shape index (κ1) is 14.5. The Kier molecular flexibility index (Phi) is 3.80. The van der Waals surface area contributed by atoms with Crippen LogP contribution < -0.4 is 5.32 Å². The molecule has 2 rings (SSSR count). The van der Waals surface area contributed by atoms with E-state index in [1.54, 1.807) is 17.5 Å². The first-order valence-corrected chi connectivity index (χ1v) is 6.79. The number of amides is 1. The van der Waals surface area contributed by atoms with Crippen LogP contribution in [-0.4, -0.2) is 32.4 Å². The number of rotatable bonds is 3. The van der Waals surface area contributed by atoms with Crippen LogP contribution in [0.25, 0.3) is 5.65 Å². The number of carbonyl (C=O) groups excluding carboxylic acids is 1. The minimum absolute atomic E-state index is 0.345. The Morgan fingerprint density at radius 1 is 1.45 bits per heavy atom. The summed E-state index contributed by atoms with van der Waals surface area (Å²) in [6, 6.07) is 0.948. The maximum Gasteiger partial charge on any atom is 0.325 e. The zero-order valence-corrected chi connectivity index (χ0v) is 12.9. The summed E-state index contributed by atoms with van der Waals surface area (Å²) >= 11 is 3.41. The van der Waals surface area contributed by atoms with Crippen molar-refractivity contribution in [2.24, 2.45) is 0 Å². The first-order valence-electron chi connectivity index (χ1n) is 5.99. The van der Waals surface area contributed by atoms with Crippen molar-refractivity contribution in [3.8, 4) is 0 Å². The fourth-order valence-corrected chi connectivity index (χ4v) is 2.59. The van der Waals surface area contributed by atoms with Crippen molar-refractivity contribution in [2.75, 3.05) is 0 Å². The quantitative estimate of drug-likeness (QED) is 0.894. The molecule has 0 radical (unpaired) electrons. The summed E-state index contributed by atoms with van der Waals surface area (Å²) in [6.07, 6.45) is 1.79. The molecule has 0 fully saturated rings. The van der Waals surface area contributed by atoms with Crippen molar-refractivity contribution in [3.05, 3.63) is 33.7 Å². The Hall–Kier alpha value is -1.89. The van der Waals surface area contributed by atoms with Crippen LogP contribution in [-0.2, 0) is 4.79 Å². The highest BCUT2D eigenvalue weighted by molar-refractivity contribution is 9.10. The van der Waals surface area contributed by atoms with E-state index in [2.05, 4.69) is 26.2 Å². The number of fused-ring (bicyclic) bond motifs is 1. The van der Waals surface area contributed by atoms with Gasteiger partial charge in [-0.05, 0) is 48.3 Å². The number of aliphatic carboxylic acids is 1. The van der Waals surface area contributed by atoms with E-state index >= 15 is 0 Å². The van der Waals surface area contributed by atoms with Crippen molar-refractivity contribution >= 4 is 33.5 Å². The van der Waals surface area contributed by atoms with Gasteiger partial charge in [0.15, 0.2) is 5.65 Å². The molecule has 7 heteroatoms. The minimum Gasteiger partial charge on any atom is -0.480 e. The van der Waals surface area contributed by atoms with Gasteiger partial charge in [0.1, 0.15) is 11.7 Å². The molecular formula is C13H14BrN3O3. The summed E-state index contributed by atoms with van der Waals surface area (Å²) < 4.78 is 2.45. The molecule has 1 unspecified atom stereocenters. The largest absolute Gasteiger partial charge is 0.480 e. The van der Waals surface area contributed by atoms with Gasteiger partial charge in [0.2, 0.25) is 0 Å². The number of hydrogen-bond acceptors (Lipinski definition) is 3. The molecule has 2 N–H and O–H groups in total. The lowest BCUT2D eigenvalue weighted by Gasteiger charge is -2.10. The third kappa shape index (κ3) is 2.53. The zero-order valence-electron chi connectivity index (χ0n) is 11.3. The Bertz CT molecular complexity index is 708. The van der Waals surface area contributed by atoms with Gasteiger partial charge in [-0.2, -0.15) is 0 Å². The number of aryl methyl sites for hydroxylation is 2. The van der Waals surface area contributed by atoms with Crippen LogP contribution in [0.4, 0.5) is 0 Å². The second kappa shape index (κ2) is 5.24. The Balaban J connectivity index is 2.51. The van der Waals surface area contributed by atoms with Gasteiger partial charge in [-0.3, -0.25) is 14.0 Å².